The van der Waals surface area contributed by atoms with E-state index in [2.05, 4.69) is 41.6 Å². The number of hydrogen-bond donors (Lipinski definition) is 2. The van der Waals surface area contributed by atoms with E-state index in [1.54, 1.807) is 0 Å². The first kappa shape index (κ1) is 19.5. The smallest absolute Gasteiger partial charge is 0.230 e. The van der Waals surface area contributed by atoms with Gasteiger partial charge in [-0.3, -0.25) is 4.79 Å². The van der Waals surface area contributed by atoms with Crippen LogP contribution in [0, 0.1) is 29.1 Å². The van der Waals surface area contributed by atoms with Crippen molar-refractivity contribution in [2.45, 2.75) is 69.7 Å². The molecule has 4 saturated carbocycles. The molecule has 1 heterocycles. The van der Waals surface area contributed by atoms with Gasteiger partial charge in [0, 0.05) is 12.6 Å². The van der Waals surface area contributed by atoms with Crippen molar-refractivity contribution in [1.29, 1.82) is 0 Å². The van der Waals surface area contributed by atoms with Gasteiger partial charge in [0.1, 0.15) is 0 Å². The monoisotopic (exact) mass is 408 g/mol. The highest BCUT2D eigenvalue weighted by molar-refractivity contribution is 8.01. The number of thioether (sulfide) groups is 1. The van der Waals surface area contributed by atoms with E-state index in [-0.39, 0.29) is 11.9 Å². The lowest BCUT2D eigenvalue weighted by molar-refractivity contribution is -0.123. The second-order valence-electron chi connectivity index (χ2n) is 9.51. The topological polar surface area (TPSA) is 66.9 Å². The van der Waals surface area contributed by atoms with Crippen LogP contribution < -0.4 is 10.6 Å². The number of carbonyl (C=O) groups is 1. The molecule has 4 fully saturated rings. The van der Waals surface area contributed by atoms with Crippen molar-refractivity contribution in [3.63, 3.8) is 0 Å². The Bertz CT molecular complexity index is 639. The number of nitrogens with one attached hydrogen (secondary N) is 2. The normalized spacial score (nSPS) is 32.7. The van der Waals surface area contributed by atoms with Crippen molar-refractivity contribution in [2.24, 2.45) is 29.1 Å². The summed E-state index contributed by atoms with van der Waals surface area (Å²) in [6, 6.07) is 0.289. The molecule has 7 heteroatoms. The van der Waals surface area contributed by atoms with E-state index in [0.29, 0.717) is 17.1 Å². The van der Waals surface area contributed by atoms with Crippen LogP contribution in [0.5, 0.6) is 0 Å². The van der Waals surface area contributed by atoms with Crippen LogP contribution in [0.1, 0.15) is 59.3 Å². The highest BCUT2D eigenvalue weighted by atomic mass is 32.2. The zero-order valence-electron chi connectivity index (χ0n) is 16.7. The fraction of sp³-hybridized carbons (Fsp3) is 0.850. The first-order valence-corrected chi connectivity index (χ1v) is 12.2. The highest BCUT2D eigenvalue weighted by Crippen LogP contribution is 2.61. The van der Waals surface area contributed by atoms with Crippen LogP contribution >= 0.6 is 23.1 Å². The number of hydrogen-bond acceptors (Lipinski definition) is 6. The molecular formula is C20H32N4OS2. The van der Waals surface area contributed by atoms with Gasteiger partial charge in [0.2, 0.25) is 11.0 Å². The fourth-order valence-corrected chi connectivity index (χ4v) is 7.47. The molecule has 1 aromatic heterocycles. The molecule has 1 aromatic rings. The van der Waals surface area contributed by atoms with E-state index < -0.39 is 0 Å². The largest absolute Gasteiger partial charge is 0.360 e. The Kier molecular flexibility index (Phi) is 5.70. The molecule has 0 saturated heterocycles. The minimum Gasteiger partial charge on any atom is -0.360 e. The number of nitrogens with zero attached hydrogens (tertiary/aromatic N) is 2. The average molecular weight is 409 g/mol. The van der Waals surface area contributed by atoms with Crippen LogP contribution in [-0.2, 0) is 4.79 Å². The summed E-state index contributed by atoms with van der Waals surface area (Å²) in [4.78, 5) is 12.6. The number of anilines is 1. The van der Waals surface area contributed by atoms with E-state index in [9.17, 15) is 4.79 Å². The average Bonchev–Trinajstić information content (AvgIpc) is 3.05. The lowest BCUT2D eigenvalue weighted by Crippen LogP contribution is -2.56. The minimum atomic E-state index is 0.134. The van der Waals surface area contributed by atoms with Gasteiger partial charge >= 0.3 is 0 Å². The molecule has 2 N–H and O–H groups in total. The van der Waals surface area contributed by atoms with Gasteiger partial charge in [0.05, 0.1) is 5.75 Å². The van der Waals surface area contributed by atoms with Gasteiger partial charge < -0.3 is 10.6 Å². The number of carbonyl (C=O) groups excluding carboxylic acids is 1. The van der Waals surface area contributed by atoms with Crippen LogP contribution in [0.4, 0.5) is 5.13 Å². The van der Waals surface area contributed by atoms with Gasteiger partial charge in [-0.15, -0.1) is 10.2 Å². The molecule has 0 aromatic carbocycles. The zero-order valence-corrected chi connectivity index (χ0v) is 18.3. The summed E-state index contributed by atoms with van der Waals surface area (Å²) in [5.74, 6) is 3.89. The molecule has 27 heavy (non-hydrogen) atoms. The third-order valence-corrected chi connectivity index (χ3v) is 8.79. The Labute approximate surface area is 170 Å². The first-order valence-electron chi connectivity index (χ1n) is 10.4. The molecule has 0 spiro atoms. The third kappa shape index (κ3) is 4.44. The van der Waals surface area contributed by atoms with Crippen molar-refractivity contribution in [3.8, 4) is 0 Å². The molecular weight excluding hydrogens is 376 g/mol. The van der Waals surface area contributed by atoms with Crippen molar-refractivity contribution >= 4 is 34.1 Å². The predicted octanol–water partition coefficient (Wildman–Crippen LogP) is 4.42. The SMILES string of the molecule is CC(C)CNc1nnc(SCC(=O)N[C@@H](C)C23CC4CC(CC(C4)C2)C3)s1. The molecule has 150 valence electrons. The predicted molar refractivity (Wildman–Crippen MR) is 112 cm³/mol. The van der Waals surface area contributed by atoms with Gasteiger partial charge in [-0.1, -0.05) is 36.9 Å². The fourth-order valence-electron chi connectivity index (χ4n) is 5.90. The summed E-state index contributed by atoms with van der Waals surface area (Å²) in [7, 11) is 0. The molecule has 5 nitrogen and oxygen atoms in total. The molecule has 0 radical (unpaired) electrons. The van der Waals surface area contributed by atoms with Gasteiger partial charge in [-0.2, -0.15) is 0 Å². The maximum Gasteiger partial charge on any atom is 0.230 e. The number of amides is 1. The van der Waals surface area contributed by atoms with E-state index >= 15 is 0 Å². The summed E-state index contributed by atoms with van der Waals surface area (Å²) in [5, 5.41) is 15.8. The molecule has 4 aliphatic carbocycles. The van der Waals surface area contributed by atoms with E-state index in [0.717, 1.165) is 33.8 Å². The maximum atomic E-state index is 12.6. The molecule has 5 rings (SSSR count). The van der Waals surface area contributed by atoms with E-state index in [1.807, 2.05) is 0 Å². The zero-order chi connectivity index (χ0) is 19.0. The Morgan fingerprint density at radius 1 is 1.15 bits per heavy atom. The van der Waals surface area contributed by atoms with Crippen LogP contribution in [0.25, 0.3) is 0 Å². The van der Waals surface area contributed by atoms with Crippen molar-refractivity contribution in [2.75, 3.05) is 17.6 Å². The van der Waals surface area contributed by atoms with Gasteiger partial charge in [0.25, 0.3) is 0 Å². The Morgan fingerprint density at radius 3 is 2.37 bits per heavy atom. The Morgan fingerprint density at radius 2 is 1.78 bits per heavy atom. The third-order valence-electron chi connectivity index (χ3n) is 6.78. The van der Waals surface area contributed by atoms with E-state index in [4.69, 9.17) is 0 Å². The Hall–Kier alpha value is -0.820. The lowest BCUT2D eigenvalue weighted by Gasteiger charge is -2.59. The quantitative estimate of drug-likeness (QED) is 0.623. The van der Waals surface area contributed by atoms with Crippen molar-refractivity contribution < 1.29 is 4.79 Å². The minimum absolute atomic E-state index is 0.134. The molecule has 4 aliphatic rings. The first-order chi connectivity index (χ1) is 12.9. The molecule has 0 aliphatic heterocycles. The van der Waals surface area contributed by atoms with Crippen LogP contribution in [-0.4, -0.2) is 34.4 Å². The number of aromatic nitrogens is 2. The summed E-state index contributed by atoms with van der Waals surface area (Å²) in [5.41, 5.74) is 0.367. The van der Waals surface area contributed by atoms with Crippen molar-refractivity contribution in [3.05, 3.63) is 0 Å². The Balaban J connectivity index is 1.26. The van der Waals surface area contributed by atoms with E-state index in [1.165, 1.54) is 61.6 Å². The molecule has 1 atom stereocenters. The summed E-state index contributed by atoms with van der Waals surface area (Å²) >= 11 is 3.03. The lowest BCUT2D eigenvalue weighted by atomic mass is 9.48. The van der Waals surface area contributed by atoms with Crippen LogP contribution in [0.15, 0.2) is 4.34 Å². The molecule has 0 unspecified atom stereocenters. The molecule has 1 amide bonds. The standard InChI is InChI=1S/C20H32N4OS2/c1-12(2)10-21-18-23-24-19(27-18)26-11-17(25)22-13(3)20-7-14-4-15(8-20)6-16(5-14)9-20/h12-16H,4-11H2,1-3H3,(H,21,23)(H,22,25)/t13-,14?,15?,16?,20?/m0/s1. The highest BCUT2D eigenvalue weighted by Gasteiger charge is 2.53. The van der Waals surface area contributed by atoms with Gasteiger partial charge in [0.15, 0.2) is 4.34 Å². The molecule has 4 bridgehead atoms. The second kappa shape index (κ2) is 7.90. The second-order valence-corrected chi connectivity index (χ2v) is 11.7. The van der Waals surface area contributed by atoms with Crippen LogP contribution in [0.2, 0.25) is 0 Å². The summed E-state index contributed by atoms with van der Waals surface area (Å²) < 4.78 is 0.860. The van der Waals surface area contributed by atoms with Crippen molar-refractivity contribution in [1.82, 2.24) is 15.5 Å². The van der Waals surface area contributed by atoms with Crippen LogP contribution in [0.3, 0.4) is 0 Å². The maximum absolute atomic E-state index is 12.6. The number of rotatable bonds is 8. The summed E-state index contributed by atoms with van der Waals surface area (Å²) in [6.07, 6.45) is 8.32. The summed E-state index contributed by atoms with van der Waals surface area (Å²) in [6.45, 7) is 7.47. The van der Waals surface area contributed by atoms with Gasteiger partial charge in [-0.05, 0) is 74.5 Å². The van der Waals surface area contributed by atoms with Gasteiger partial charge in [-0.25, -0.2) is 0 Å².